The molecule has 0 radical (unpaired) electrons. The molecule has 1 aromatic carbocycles. The Morgan fingerprint density at radius 3 is 2.67 bits per heavy atom. The van der Waals surface area contributed by atoms with E-state index in [1.165, 1.54) is 6.07 Å². The molecule has 0 bridgehead atoms. The molecule has 0 aromatic heterocycles. The van der Waals surface area contributed by atoms with Crippen LogP contribution >= 0.6 is 0 Å². The van der Waals surface area contributed by atoms with Crippen LogP contribution in [-0.4, -0.2) is 25.2 Å². The van der Waals surface area contributed by atoms with Gasteiger partial charge in [-0.1, -0.05) is 6.07 Å². The van der Waals surface area contributed by atoms with Gasteiger partial charge in [0.15, 0.2) is 11.5 Å². The fourth-order valence-electron chi connectivity index (χ4n) is 1.79. The zero-order valence-electron chi connectivity index (χ0n) is 12.1. The Balaban J connectivity index is 2.71. The Bertz CT molecular complexity index is 470. The van der Waals surface area contributed by atoms with E-state index in [9.17, 15) is 13.6 Å². The molecule has 1 unspecified atom stereocenters. The lowest BCUT2D eigenvalue weighted by Gasteiger charge is -2.15. The molecule has 0 saturated carbocycles. The number of hydrogen-bond acceptors (Lipinski definition) is 4. The highest BCUT2D eigenvalue weighted by Gasteiger charge is 2.12. The lowest BCUT2D eigenvalue weighted by molar-refractivity contribution is -0.118. The molecule has 0 fully saturated rings. The highest BCUT2D eigenvalue weighted by molar-refractivity contribution is 5.74. The standard InChI is InChI=1S/C14H20F2N2O3/c1-3-20-12-7-10(4-5-11(12)21-14(15)16)8-18-9(2)6-13(17)19/h4-5,7,9,14,18H,3,6,8H2,1-2H3,(H2,17,19). The number of carbonyl (C=O) groups is 1. The zero-order valence-corrected chi connectivity index (χ0v) is 12.1. The predicted octanol–water partition coefficient (Wildman–Crippen LogP) is 2.04. The minimum atomic E-state index is -2.90. The molecule has 118 valence electrons. The summed E-state index contributed by atoms with van der Waals surface area (Å²) in [6.07, 6.45) is 0.227. The van der Waals surface area contributed by atoms with Gasteiger partial charge in [0.25, 0.3) is 0 Å². The average Bonchev–Trinajstić information content (AvgIpc) is 2.38. The van der Waals surface area contributed by atoms with Gasteiger partial charge in [-0.05, 0) is 31.5 Å². The van der Waals surface area contributed by atoms with Crippen molar-refractivity contribution < 1.29 is 23.0 Å². The van der Waals surface area contributed by atoms with Crippen LogP contribution < -0.4 is 20.5 Å². The molecule has 0 spiro atoms. The van der Waals surface area contributed by atoms with E-state index in [2.05, 4.69) is 10.1 Å². The molecule has 3 N–H and O–H groups in total. The van der Waals surface area contributed by atoms with E-state index < -0.39 is 6.61 Å². The number of carbonyl (C=O) groups excluding carboxylic acids is 1. The Kier molecular flexibility index (Phi) is 6.87. The third kappa shape index (κ3) is 6.40. The van der Waals surface area contributed by atoms with Crippen LogP contribution in [0.25, 0.3) is 0 Å². The van der Waals surface area contributed by atoms with Crippen molar-refractivity contribution in [2.24, 2.45) is 5.73 Å². The lowest BCUT2D eigenvalue weighted by Crippen LogP contribution is -2.30. The van der Waals surface area contributed by atoms with Crippen molar-refractivity contribution in [1.82, 2.24) is 5.32 Å². The maximum Gasteiger partial charge on any atom is 0.387 e. The fraction of sp³-hybridized carbons (Fsp3) is 0.500. The van der Waals surface area contributed by atoms with Crippen LogP contribution in [0.4, 0.5) is 8.78 Å². The maximum absolute atomic E-state index is 12.3. The van der Waals surface area contributed by atoms with Crippen LogP contribution in [0.5, 0.6) is 11.5 Å². The summed E-state index contributed by atoms with van der Waals surface area (Å²) in [4.78, 5) is 10.8. The second-order valence-corrected chi connectivity index (χ2v) is 4.54. The van der Waals surface area contributed by atoms with Crippen molar-refractivity contribution in [3.05, 3.63) is 23.8 Å². The maximum atomic E-state index is 12.3. The predicted molar refractivity (Wildman–Crippen MR) is 74.4 cm³/mol. The minimum absolute atomic E-state index is 0.000726. The van der Waals surface area contributed by atoms with Gasteiger partial charge in [0.1, 0.15) is 0 Å². The number of rotatable bonds is 9. The van der Waals surface area contributed by atoms with E-state index in [0.717, 1.165) is 5.56 Å². The van der Waals surface area contributed by atoms with Crippen molar-refractivity contribution in [2.45, 2.75) is 39.5 Å². The summed E-state index contributed by atoms with van der Waals surface area (Å²) in [7, 11) is 0. The number of primary amides is 1. The summed E-state index contributed by atoms with van der Waals surface area (Å²) in [6, 6.07) is 4.65. The molecule has 0 heterocycles. The van der Waals surface area contributed by atoms with E-state index in [4.69, 9.17) is 10.5 Å². The van der Waals surface area contributed by atoms with Crippen molar-refractivity contribution in [3.63, 3.8) is 0 Å². The molecular formula is C14H20F2N2O3. The topological polar surface area (TPSA) is 73.6 Å². The Hall–Kier alpha value is -1.89. The van der Waals surface area contributed by atoms with E-state index in [1.807, 2.05) is 6.92 Å². The van der Waals surface area contributed by atoms with Crippen LogP contribution in [0.2, 0.25) is 0 Å². The number of amides is 1. The molecule has 1 aromatic rings. The summed E-state index contributed by atoms with van der Waals surface area (Å²) in [5, 5.41) is 3.11. The second kappa shape index (κ2) is 8.41. The summed E-state index contributed by atoms with van der Waals surface area (Å²) < 4.78 is 34.2. The molecule has 1 amide bonds. The summed E-state index contributed by atoms with van der Waals surface area (Å²) >= 11 is 0. The lowest BCUT2D eigenvalue weighted by atomic mass is 10.1. The molecule has 21 heavy (non-hydrogen) atoms. The van der Waals surface area contributed by atoms with Gasteiger partial charge in [0.05, 0.1) is 6.61 Å². The summed E-state index contributed by atoms with van der Waals surface area (Å²) in [5.74, 6) is -0.119. The molecule has 0 aliphatic heterocycles. The molecule has 0 saturated heterocycles. The quantitative estimate of drug-likeness (QED) is 0.732. The number of halogens is 2. The number of hydrogen-bond donors (Lipinski definition) is 2. The smallest absolute Gasteiger partial charge is 0.387 e. The fourth-order valence-corrected chi connectivity index (χ4v) is 1.79. The first-order chi connectivity index (χ1) is 9.92. The Morgan fingerprint density at radius 1 is 1.38 bits per heavy atom. The number of ether oxygens (including phenoxy) is 2. The van der Waals surface area contributed by atoms with Crippen LogP contribution in [0.3, 0.4) is 0 Å². The van der Waals surface area contributed by atoms with Gasteiger partial charge < -0.3 is 20.5 Å². The Morgan fingerprint density at radius 2 is 2.10 bits per heavy atom. The van der Waals surface area contributed by atoms with E-state index >= 15 is 0 Å². The highest BCUT2D eigenvalue weighted by atomic mass is 19.3. The molecule has 0 aliphatic carbocycles. The molecular weight excluding hydrogens is 282 g/mol. The first kappa shape index (κ1) is 17.2. The second-order valence-electron chi connectivity index (χ2n) is 4.54. The number of nitrogens with two attached hydrogens (primary N) is 1. The summed E-state index contributed by atoms with van der Waals surface area (Å²) in [5.41, 5.74) is 5.94. The molecule has 7 heteroatoms. The van der Waals surface area contributed by atoms with Gasteiger partial charge in [0.2, 0.25) is 5.91 Å². The van der Waals surface area contributed by atoms with Gasteiger partial charge in [-0.15, -0.1) is 0 Å². The van der Waals surface area contributed by atoms with Gasteiger partial charge >= 0.3 is 6.61 Å². The number of alkyl halides is 2. The molecule has 5 nitrogen and oxygen atoms in total. The average molecular weight is 302 g/mol. The van der Waals surface area contributed by atoms with E-state index in [0.29, 0.717) is 13.2 Å². The van der Waals surface area contributed by atoms with E-state index in [1.54, 1.807) is 19.1 Å². The third-order valence-electron chi connectivity index (χ3n) is 2.69. The van der Waals surface area contributed by atoms with Crippen molar-refractivity contribution in [1.29, 1.82) is 0 Å². The van der Waals surface area contributed by atoms with Crippen LogP contribution in [-0.2, 0) is 11.3 Å². The largest absolute Gasteiger partial charge is 0.490 e. The zero-order chi connectivity index (χ0) is 15.8. The van der Waals surface area contributed by atoms with Gasteiger partial charge in [-0.2, -0.15) is 8.78 Å². The highest BCUT2D eigenvalue weighted by Crippen LogP contribution is 2.29. The van der Waals surface area contributed by atoms with Gasteiger partial charge in [-0.25, -0.2) is 0 Å². The first-order valence-corrected chi connectivity index (χ1v) is 6.64. The van der Waals surface area contributed by atoms with Crippen molar-refractivity contribution in [2.75, 3.05) is 6.61 Å². The van der Waals surface area contributed by atoms with Gasteiger partial charge in [0, 0.05) is 19.0 Å². The number of nitrogens with one attached hydrogen (secondary N) is 1. The third-order valence-corrected chi connectivity index (χ3v) is 2.69. The normalized spacial score (nSPS) is 12.2. The van der Waals surface area contributed by atoms with Crippen molar-refractivity contribution >= 4 is 5.91 Å². The summed E-state index contributed by atoms with van der Waals surface area (Å²) in [6.45, 7) is 1.50. The molecule has 0 aliphatic rings. The van der Waals surface area contributed by atoms with E-state index in [-0.39, 0.29) is 29.9 Å². The van der Waals surface area contributed by atoms with Crippen LogP contribution in [0.1, 0.15) is 25.8 Å². The van der Waals surface area contributed by atoms with Crippen LogP contribution in [0, 0.1) is 0 Å². The first-order valence-electron chi connectivity index (χ1n) is 6.64. The minimum Gasteiger partial charge on any atom is -0.490 e. The SMILES string of the molecule is CCOc1cc(CNC(C)CC(N)=O)ccc1OC(F)F. The Labute approximate surface area is 122 Å². The van der Waals surface area contributed by atoms with Gasteiger partial charge in [-0.3, -0.25) is 4.79 Å². The van der Waals surface area contributed by atoms with Crippen molar-refractivity contribution in [3.8, 4) is 11.5 Å². The van der Waals surface area contributed by atoms with Crippen LogP contribution in [0.15, 0.2) is 18.2 Å². The number of benzene rings is 1. The molecule has 1 rings (SSSR count). The monoisotopic (exact) mass is 302 g/mol. The molecule has 1 atom stereocenters.